The van der Waals surface area contributed by atoms with Gasteiger partial charge in [0.05, 0.1) is 5.69 Å². The number of benzene rings is 3. The molecular weight excluding hydrogens is 406 g/mol. The van der Waals surface area contributed by atoms with Gasteiger partial charge in [0.2, 0.25) is 0 Å². The molecule has 4 nitrogen and oxygen atoms in total. The zero-order valence-electron chi connectivity index (χ0n) is 20.1. The molecule has 0 aliphatic carbocycles. The Labute approximate surface area is 198 Å². The largest absolute Gasteiger partial charge is 0.299 e. The average molecular weight is 442 g/mol. The van der Waals surface area contributed by atoms with Crippen molar-refractivity contribution >= 4 is 11.6 Å². The van der Waals surface area contributed by atoms with Crippen LogP contribution in [0.15, 0.2) is 84.9 Å². The molecule has 1 aliphatic rings. The number of unbranched alkanes of at least 4 members (excludes halogenated alkanes) is 1. The van der Waals surface area contributed by atoms with Gasteiger partial charge in [-0.25, -0.2) is 10.0 Å². The normalized spacial score (nSPS) is 17.7. The number of amides is 1. The monoisotopic (exact) mass is 441 g/mol. The zero-order chi connectivity index (χ0) is 23.3. The Kier molecular flexibility index (Phi) is 7.26. The highest BCUT2D eigenvalue weighted by atomic mass is 16.2. The molecule has 0 fully saturated rings. The fourth-order valence-corrected chi connectivity index (χ4v) is 5.13. The van der Waals surface area contributed by atoms with Gasteiger partial charge in [-0.15, -0.1) is 0 Å². The van der Waals surface area contributed by atoms with Crippen LogP contribution < -0.4 is 5.01 Å². The van der Waals surface area contributed by atoms with Crippen molar-refractivity contribution in [1.29, 1.82) is 0 Å². The second-order valence-corrected chi connectivity index (χ2v) is 9.06. The molecule has 0 saturated carbocycles. The minimum atomic E-state index is -0.640. The molecule has 4 rings (SSSR count). The summed E-state index contributed by atoms with van der Waals surface area (Å²) in [6.45, 7) is 5.25. The van der Waals surface area contributed by atoms with Crippen molar-refractivity contribution in [3.05, 3.63) is 102 Å². The maximum absolute atomic E-state index is 14.0. The Hall–Kier alpha value is -2.95. The van der Waals surface area contributed by atoms with Gasteiger partial charge in [0.25, 0.3) is 5.91 Å². The SMILES string of the molecule is CCN(CCCC[C@@]1(c2ccccc2)C(=O)N(N(C)C)c2ccccc21)Cc1ccccc1. The van der Waals surface area contributed by atoms with Gasteiger partial charge in [0.15, 0.2) is 0 Å². The summed E-state index contributed by atoms with van der Waals surface area (Å²) in [5, 5.41) is 3.75. The van der Waals surface area contributed by atoms with Gasteiger partial charge in [0.1, 0.15) is 5.41 Å². The third-order valence-electron chi connectivity index (χ3n) is 6.79. The first kappa shape index (κ1) is 23.2. The second-order valence-electron chi connectivity index (χ2n) is 9.06. The number of fused-ring (bicyclic) bond motifs is 1. The molecule has 33 heavy (non-hydrogen) atoms. The van der Waals surface area contributed by atoms with Crippen LogP contribution >= 0.6 is 0 Å². The number of anilines is 1. The van der Waals surface area contributed by atoms with E-state index in [0.717, 1.165) is 55.7 Å². The van der Waals surface area contributed by atoms with Gasteiger partial charge in [0, 0.05) is 20.6 Å². The van der Waals surface area contributed by atoms with Crippen LogP contribution in [-0.2, 0) is 16.8 Å². The lowest BCUT2D eigenvalue weighted by atomic mass is 9.72. The summed E-state index contributed by atoms with van der Waals surface area (Å²) in [5.74, 6) is 0.150. The quantitative estimate of drug-likeness (QED) is 0.389. The molecule has 0 saturated heterocycles. The van der Waals surface area contributed by atoms with E-state index in [4.69, 9.17) is 0 Å². The van der Waals surface area contributed by atoms with Gasteiger partial charge in [-0.2, -0.15) is 0 Å². The lowest BCUT2D eigenvalue weighted by Gasteiger charge is -2.31. The van der Waals surface area contributed by atoms with Crippen LogP contribution in [0.5, 0.6) is 0 Å². The van der Waals surface area contributed by atoms with Crippen LogP contribution in [0.4, 0.5) is 5.69 Å². The number of carbonyl (C=O) groups excluding carboxylic acids is 1. The Morgan fingerprint density at radius 3 is 2.12 bits per heavy atom. The smallest absolute Gasteiger partial charge is 0.256 e. The maximum Gasteiger partial charge on any atom is 0.256 e. The van der Waals surface area contributed by atoms with Crippen LogP contribution in [0.2, 0.25) is 0 Å². The Balaban J connectivity index is 1.55. The lowest BCUT2D eigenvalue weighted by molar-refractivity contribution is -0.124. The molecule has 0 unspecified atom stereocenters. The standard InChI is InChI=1S/C29H35N3O/c1-4-31(23-24-15-7-5-8-16-24)22-14-13-21-29(25-17-9-6-10-18-25)26-19-11-12-20-27(26)32(28(29)33)30(2)3/h5-12,15-20H,4,13-14,21-23H2,1-3H3/t29-/m0/s1. The second kappa shape index (κ2) is 10.3. The van der Waals surface area contributed by atoms with Crippen molar-refractivity contribution in [1.82, 2.24) is 9.91 Å². The zero-order valence-corrected chi connectivity index (χ0v) is 20.1. The van der Waals surface area contributed by atoms with E-state index in [2.05, 4.69) is 72.5 Å². The molecule has 1 heterocycles. The minimum absolute atomic E-state index is 0.150. The van der Waals surface area contributed by atoms with E-state index in [-0.39, 0.29) is 5.91 Å². The van der Waals surface area contributed by atoms with Crippen molar-refractivity contribution in [2.24, 2.45) is 0 Å². The summed E-state index contributed by atoms with van der Waals surface area (Å²) in [5.41, 5.74) is 3.91. The van der Waals surface area contributed by atoms with Gasteiger partial charge in [-0.3, -0.25) is 9.69 Å². The Morgan fingerprint density at radius 1 is 0.818 bits per heavy atom. The topological polar surface area (TPSA) is 26.8 Å². The van der Waals surface area contributed by atoms with E-state index in [0.29, 0.717) is 0 Å². The molecule has 0 spiro atoms. The molecule has 4 heteroatoms. The van der Waals surface area contributed by atoms with Crippen molar-refractivity contribution < 1.29 is 4.79 Å². The van der Waals surface area contributed by atoms with Crippen LogP contribution in [-0.4, -0.2) is 43.0 Å². The van der Waals surface area contributed by atoms with Crippen molar-refractivity contribution in [3.63, 3.8) is 0 Å². The van der Waals surface area contributed by atoms with Gasteiger partial charge >= 0.3 is 0 Å². The molecule has 1 aliphatic heterocycles. The maximum atomic E-state index is 14.0. The molecule has 0 bridgehead atoms. The number of hydrazine groups is 1. The van der Waals surface area contributed by atoms with E-state index in [1.165, 1.54) is 5.56 Å². The molecule has 0 radical (unpaired) electrons. The predicted octanol–water partition coefficient (Wildman–Crippen LogP) is 5.49. The van der Waals surface area contributed by atoms with E-state index >= 15 is 0 Å². The number of carbonyl (C=O) groups is 1. The van der Waals surface area contributed by atoms with Crippen LogP contribution in [0, 0.1) is 0 Å². The summed E-state index contributed by atoms with van der Waals surface area (Å²) in [6, 6.07) is 29.3. The van der Waals surface area contributed by atoms with Crippen LogP contribution in [0.3, 0.4) is 0 Å². The Morgan fingerprint density at radius 2 is 1.45 bits per heavy atom. The van der Waals surface area contributed by atoms with E-state index in [1.807, 2.05) is 48.4 Å². The number of rotatable bonds is 10. The van der Waals surface area contributed by atoms with Crippen molar-refractivity contribution in [3.8, 4) is 0 Å². The van der Waals surface area contributed by atoms with E-state index in [1.54, 1.807) is 0 Å². The third kappa shape index (κ3) is 4.59. The summed E-state index contributed by atoms with van der Waals surface area (Å²) in [4.78, 5) is 16.5. The highest BCUT2D eigenvalue weighted by Gasteiger charge is 2.52. The Bertz CT molecular complexity index is 1050. The summed E-state index contributed by atoms with van der Waals surface area (Å²) in [7, 11) is 3.89. The molecule has 3 aromatic carbocycles. The molecule has 0 aromatic heterocycles. The van der Waals surface area contributed by atoms with Gasteiger partial charge < -0.3 is 0 Å². The fourth-order valence-electron chi connectivity index (χ4n) is 5.13. The van der Waals surface area contributed by atoms with E-state index in [9.17, 15) is 4.79 Å². The fraction of sp³-hybridized carbons (Fsp3) is 0.345. The van der Waals surface area contributed by atoms with Crippen molar-refractivity contribution in [2.45, 2.75) is 38.1 Å². The summed E-state index contributed by atoms with van der Waals surface area (Å²) in [6.07, 6.45) is 2.86. The third-order valence-corrected chi connectivity index (χ3v) is 6.79. The highest BCUT2D eigenvalue weighted by molar-refractivity contribution is 6.09. The highest BCUT2D eigenvalue weighted by Crippen LogP contribution is 2.49. The first-order valence-electron chi connectivity index (χ1n) is 12.0. The minimum Gasteiger partial charge on any atom is -0.299 e. The first-order valence-corrected chi connectivity index (χ1v) is 12.0. The number of hydrogen-bond donors (Lipinski definition) is 0. The summed E-state index contributed by atoms with van der Waals surface area (Å²) < 4.78 is 0. The predicted molar refractivity (Wildman–Crippen MR) is 136 cm³/mol. The first-order chi connectivity index (χ1) is 16.1. The lowest BCUT2D eigenvalue weighted by Crippen LogP contribution is -2.47. The van der Waals surface area contributed by atoms with Crippen LogP contribution in [0.1, 0.15) is 42.9 Å². The number of para-hydroxylation sites is 1. The van der Waals surface area contributed by atoms with Crippen molar-refractivity contribution in [2.75, 3.05) is 32.2 Å². The average Bonchev–Trinajstić information content (AvgIpc) is 3.10. The molecule has 172 valence electrons. The van der Waals surface area contributed by atoms with Crippen LogP contribution in [0.25, 0.3) is 0 Å². The molecular formula is C29H35N3O. The number of nitrogens with zero attached hydrogens (tertiary/aromatic N) is 3. The van der Waals surface area contributed by atoms with Gasteiger partial charge in [-0.05, 0) is 48.7 Å². The molecule has 3 aromatic rings. The van der Waals surface area contributed by atoms with E-state index < -0.39 is 5.41 Å². The molecule has 0 N–H and O–H groups in total. The van der Waals surface area contributed by atoms with Gasteiger partial charge in [-0.1, -0.05) is 92.2 Å². The summed E-state index contributed by atoms with van der Waals surface area (Å²) >= 11 is 0. The molecule has 1 atom stereocenters. The number of hydrogen-bond acceptors (Lipinski definition) is 3. The molecule has 1 amide bonds.